The molecule has 1 aliphatic carbocycles. The molecule has 6 nitrogen and oxygen atoms in total. The Morgan fingerprint density at radius 1 is 1.38 bits per heavy atom. The molecule has 1 aliphatic rings. The molecule has 0 saturated heterocycles. The maximum atomic E-state index is 12.6. The summed E-state index contributed by atoms with van der Waals surface area (Å²) in [7, 11) is 1.70. The third kappa shape index (κ3) is 4.45. The van der Waals surface area contributed by atoms with Gasteiger partial charge < -0.3 is 10.6 Å². The number of amides is 1. The summed E-state index contributed by atoms with van der Waals surface area (Å²) in [5, 5.41) is 11.3. The average Bonchev–Trinajstić information content (AvgIpc) is 2.57. The first-order valence-corrected chi connectivity index (χ1v) is 8.61. The lowest BCUT2D eigenvalue weighted by Crippen LogP contribution is -2.39. The zero-order valence-corrected chi connectivity index (χ0v) is 14.7. The summed E-state index contributed by atoms with van der Waals surface area (Å²) in [5.74, 6) is 0.00456. The SMILES string of the molecule is CN(Cc1cc([N+](=O)[O-])ccc1Cl)C(=O)CC1(CN)CCCCC1. The molecule has 1 aromatic rings. The van der Waals surface area contributed by atoms with Crippen LogP contribution in [0.3, 0.4) is 0 Å². The van der Waals surface area contributed by atoms with Gasteiger partial charge in [0.25, 0.3) is 5.69 Å². The predicted molar refractivity (Wildman–Crippen MR) is 93.8 cm³/mol. The zero-order valence-electron chi connectivity index (χ0n) is 14.0. The largest absolute Gasteiger partial charge is 0.341 e. The summed E-state index contributed by atoms with van der Waals surface area (Å²) < 4.78 is 0. The second kappa shape index (κ2) is 7.94. The van der Waals surface area contributed by atoms with Gasteiger partial charge in [-0.25, -0.2) is 0 Å². The highest BCUT2D eigenvalue weighted by atomic mass is 35.5. The Bertz CT molecular complexity index is 615. The molecule has 0 unspecified atom stereocenters. The van der Waals surface area contributed by atoms with E-state index in [0.717, 1.165) is 25.7 Å². The molecule has 2 N–H and O–H groups in total. The van der Waals surface area contributed by atoms with E-state index in [1.54, 1.807) is 11.9 Å². The molecule has 132 valence electrons. The second-order valence-corrected chi connectivity index (χ2v) is 7.13. The van der Waals surface area contributed by atoms with E-state index >= 15 is 0 Å². The minimum atomic E-state index is -0.465. The van der Waals surface area contributed by atoms with E-state index in [-0.39, 0.29) is 23.6 Å². The molecule has 0 spiro atoms. The van der Waals surface area contributed by atoms with Crippen LogP contribution < -0.4 is 5.73 Å². The number of benzene rings is 1. The van der Waals surface area contributed by atoms with E-state index in [4.69, 9.17) is 17.3 Å². The van der Waals surface area contributed by atoms with Crippen molar-refractivity contribution in [3.63, 3.8) is 0 Å². The lowest BCUT2D eigenvalue weighted by molar-refractivity contribution is -0.384. The fraction of sp³-hybridized carbons (Fsp3) is 0.588. The highest BCUT2D eigenvalue weighted by molar-refractivity contribution is 6.31. The molecule has 0 heterocycles. The number of carbonyl (C=O) groups is 1. The number of non-ortho nitro benzene ring substituents is 1. The van der Waals surface area contributed by atoms with Crippen LogP contribution in [0.4, 0.5) is 5.69 Å². The van der Waals surface area contributed by atoms with Crippen molar-refractivity contribution in [2.24, 2.45) is 11.1 Å². The Labute approximate surface area is 147 Å². The van der Waals surface area contributed by atoms with Crippen molar-refractivity contribution in [1.29, 1.82) is 0 Å². The molecular formula is C17H24ClN3O3. The van der Waals surface area contributed by atoms with E-state index in [9.17, 15) is 14.9 Å². The Balaban J connectivity index is 2.06. The summed E-state index contributed by atoms with van der Waals surface area (Å²) in [4.78, 5) is 24.6. The summed E-state index contributed by atoms with van der Waals surface area (Å²) in [6, 6.07) is 4.28. The first-order chi connectivity index (χ1) is 11.4. The first kappa shape index (κ1) is 18.7. The van der Waals surface area contributed by atoms with Gasteiger partial charge in [0, 0.05) is 37.2 Å². The van der Waals surface area contributed by atoms with Crippen LogP contribution in [0.5, 0.6) is 0 Å². The van der Waals surface area contributed by atoms with Crippen LogP contribution in [-0.4, -0.2) is 29.3 Å². The van der Waals surface area contributed by atoms with Gasteiger partial charge in [0.1, 0.15) is 0 Å². The average molecular weight is 354 g/mol. The number of hydrogen-bond donors (Lipinski definition) is 1. The molecular weight excluding hydrogens is 330 g/mol. The van der Waals surface area contributed by atoms with E-state index in [1.807, 2.05) is 0 Å². The third-order valence-electron chi connectivity index (χ3n) is 4.95. The van der Waals surface area contributed by atoms with Gasteiger partial charge in [0.2, 0.25) is 5.91 Å². The highest BCUT2D eigenvalue weighted by Crippen LogP contribution is 2.38. The molecule has 1 fully saturated rings. The van der Waals surface area contributed by atoms with Crippen LogP contribution in [0.25, 0.3) is 0 Å². The molecule has 2 rings (SSSR count). The molecule has 0 bridgehead atoms. The summed E-state index contributed by atoms with van der Waals surface area (Å²) in [5.41, 5.74) is 6.40. The summed E-state index contributed by atoms with van der Waals surface area (Å²) >= 11 is 6.12. The molecule has 1 saturated carbocycles. The van der Waals surface area contributed by atoms with E-state index in [1.165, 1.54) is 24.6 Å². The minimum Gasteiger partial charge on any atom is -0.341 e. The number of nitro groups is 1. The van der Waals surface area contributed by atoms with Gasteiger partial charge in [-0.2, -0.15) is 0 Å². The van der Waals surface area contributed by atoms with E-state index in [2.05, 4.69) is 0 Å². The number of nitrogens with two attached hydrogens (primary N) is 1. The number of nitrogens with zero attached hydrogens (tertiary/aromatic N) is 2. The van der Waals surface area contributed by atoms with Gasteiger partial charge in [0.15, 0.2) is 0 Å². The van der Waals surface area contributed by atoms with E-state index < -0.39 is 4.92 Å². The number of hydrogen-bond acceptors (Lipinski definition) is 4. The van der Waals surface area contributed by atoms with E-state index in [0.29, 0.717) is 23.6 Å². The van der Waals surface area contributed by atoms with Gasteiger partial charge in [-0.3, -0.25) is 14.9 Å². The van der Waals surface area contributed by atoms with Gasteiger partial charge in [-0.05, 0) is 36.4 Å². The summed E-state index contributed by atoms with van der Waals surface area (Å²) in [6.45, 7) is 0.768. The molecule has 0 aromatic heterocycles. The zero-order chi connectivity index (χ0) is 17.7. The minimum absolute atomic E-state index is 0.00456. The van der Waals surface area contributed by atoms with Crippen molar-refractivity contribution < 1.29 is 9.72 Å². The number of nitro benzene ring substituents is 1. The lowest BCUT2D eigenvalue weighted by atomic mass is 9.71. The van der Waals surface area contributed by atoms with Crippen molar-refractivity contribution in [2.75, 3.05) is 13.6 Å². The standard InChI is InChI=1S/C17H24ClN3O3/c1-20(11-13-9-14(21(23)24)5-6-15(13)18)16(22)10-17(12-19)7-3-2-4-8-17/h5-6,9H,2-4,7-8,10-12,19H2,1H3. The fourth-order valence-corrected chi connectivity index (χ4v) is 3.53. The maximum Gasteiger partial charge on any atom is 0.269 e. The van der Waals surface area contributed by atoms with Gasteiger partial charge in [-0.1, -0.05) is 30.9 Å². The molecule has 7 heteroatoms. The van der Waals surface area contributed by atoms with Gasteiger partial charge in [-0.15, -0.1) is 0 Å². The van der Waals surface area contributed by atoms with Crippen molar-refractivity contribution in [3.05, 3.63) is 38.9 Å². The van der Waals surface area contributed by atoms with Crippen LogP contribution in [0.1, 0.15) is 44.1 Å². The Morgan fingerprint density at radius 2 is 2.04 bits per heavy atom. The van der Waals surface area contributed by atoms with Gasteiger partial charge >= 0.3 is 0 Å². The normalized spacial score (nSPS) is 16.6. The monoisotopic (exact) mass is 353 g/mol. The third-order valence-corrected chi connectivity index (χ3v) is 5.32. The van der Waals surface area contributed by atoms with Crippen LogP contribution in [0.2, 0.25) is 5.02 Å². The number of rotatable bonds is 6. The van der Waals surface area contributed by atoms with Crippen molar-refractivity contribution in [2.45, 2.75) is 45.1 Å². The maximum absolute atomic E-state index is 12.6. The molecule has 0 atom stereocenters. The smallest absolute Gasteiger partial charge is 0.269 e. The van der Waals surface area contributed by atoms with Gasteiger partial charge in [0.05, 0.1) is 4.92 Å². The molecule has 1 aromatic carbocycles. The van der Waals surface area contributed by atoms with Crippen LogP contribution in [-0.2, 0) is 11.3 Å². The topological polar surface area (TPSA) is 89.5 Å². The molecule has 0 radical (unpaired) electrons. The second-order valence-electron chi connectivity index (χ2n) is 6.72. The molecule has 1 amide bonds. The number of carbonyl (C=O) groups excluding carboxylic acids is 1. The van der Waals surface area contributed by atoms with Crippen molar-refractivity contribution in [1.82, 2.24) is 4.90 Å². The molecule has 0 aliphatic heterocycles. The summed E-state index contributed by atoms with van der Waals surface area (Å²) in [6.07, 6.45) is 5.83. The number of halogens is 1. The lowest BCUT2D eigenvalue weighted by Gasteiger charge is -2.36. The van der Waals surface area contributed by atoms with Crippen molar-refractivity contribution >= 4 is 23.2 Å². The Hall–Kier alpha value is -1.66. The Morgan fingerprint density at radius 3 is 2.62 bits per heavy atom. The highest BCUT2D eigenvalue weighted by Gasteiger charge is 2.34. The Kier molecular flexibility index (Phi) is 6.18. The first-order valence-electron chi connectivity index (χ1n) is 8.24. The van der Waals surface area contributed by atoms with Crippen LogP contribution in [0.15, 0.2) is 18.2 Å². The van der Waals surface area contributed by atoms with Crippen molar-refractivity contribution in [3.8, 4) is 0 Å². The van der Waals surface area contributed by atoms with Crippen LogP contribution >= 0.6 is 11.6 Å². The predicted octanol–water partition coefficient (Wildman–Crippen LogP) is 3.51. The quantitative estimate of drug-likeness (QED) is 0.626. The fourth-order valence-electron chi connectivity index (χ4n) is 3.35. The molecule has 24 heavy (non-hydrogen) atoms. The van der Waals surface area contributed by atoms with Crippen LogP contribution in [0, 0.1) is 15.5 Å².